The Hall–Kier alpha value is -1.35. The molecule has 0 amide bonds. The molecule has 0 atom stereocenters. The number of carbonyl (C=O) groups excluding carboxylic acids is 1. The standard InChI is InChI=1S/C19H28N2O/c1-15(2)8-12-21-13-10-19(11-14-21)9-7-18(22)16-5-3-4-6-17(16)20-19/h3-6,15,20H,7-14H2,1-2H3. The van der Waals surface area contributed by atoms with Crippen LogP contribution in [0.1, 0.15) is 56.3 Å². The minimum atomic E-state index is 0.122. The lowest BCUT2D eigenvalue weighted by molar-refractivity contribution is 0.0964. The quantitative estimate of drug-likeness (QED) is 0.917. The number of nitrogens with one attached hydrogen (secondary N) is 1. The lowest BCUT2D eigenvalue weighted by atomic mass is 9.83. The minimum Gasteiger partial charge on any atom is -0.379 e. The third-order valence-electron chi connectivity index (χ3n) is 5.29. The minimum absolute atomic E-state index is 0.122. The van der Waals surface area contributed by atoms with Crippen molar-refractivity contribution >= 4 is 11.5 Å². The summed E-state index contributed by atoms with van der Waals surface area (Å²) in [7, 11) is 0. The predicted octanol–water partition coefficient (Wildman–Crippen LogP) is 3.96. The Morgan fingerprint density at radius 3 is 2.64 bits per heavy atom. The number of Topliss-reactive ketones (excluding diaryl/α,β-unsaturated/α-hetero) is 1. The first-order valence-corrected chi connectivity index (χ1v) is 8.71. The molecule has 1 spiro atoms. The summed E-state index contributed by atoms with van der Waals surface area (Å²) >= 11 is 0. The van der Waals surface area contributed by atoms with Gasteiger partial charge < -0.3 is 10.2 Å². The van der Waals surface area contributed by atoms with Crippen LogP contribution in [0.4, 0.5) is 5.69 Å². The fourth-order valence-corrected chi connectivity index (χ4v) is 3.69. The molecule has 0 bridgehead atoms. The maximum atomic E-state index is 12.3. The van der Waals surface area contributed by atoms with Crippen molar-refractivity contribution in [1.82, 2.24) is 4.90 Å². The molecule has 120 valence electrons. The zero-order valence-electron chi connectivity index (χ0n) is 13.9. The summed E-state index contributed by atoms with van der Waals surface area (Å²) in [4.78, 5) is 14.9. The smallest absolute Gasteiger partial charge is 0.165 e. The summed E-state index contributed by atoms with van der Waals surface area (Å²) in [5.74, 6) is 1.07. The fraction of sp³-hybridized carbons (Fsp3) is 0.632. The van der Waals surface area contributed by atoms with E-state index in [-0.39, 0.29) is 5.54 Å². The summed E-state index contributed by atoms with van der Waals surface area (Å²) in [5, 5.41) is 3.74. The number of ketones is 1. The molecule has 3 nitrogen and oxygen atoms in total. The van der Waals surface area contributed by atoms with E-state index in [1.54, 1.807) is 0 Å². The maximum absolute atomic E-state index is 12.3. The fourth-order valence-electron chi connectivity index (χ4n) is 3.69. The number of likely N-dealkylation sites (tertiary alicyclic amines) is 1. The van der Waals surface area contributed by atoms with Gasteiger partial charge in [0.1, 0.15) is 0 Å². The molecule has 3 rings (SSSR count). The van der Waals surface area contributed by atoms with Crippen molar-refractivity contribution in [2.24, 2.45) is 5.92 Å². The van der Waals surface area contributed by atoms with Gasteiger partial charge in [-0.15, -0.1) is 0 Å². The second-order valence-corrected chi connectivity index (χ2v) is 7.40. The van der Waals surface area contributed by atoms with Gasteiger partial charge in [0.2, 0.25) is 0 Å². The third kappa shape index (κ3) is 3.35. The highest BCUT2D eigenvalue weighted by Gasteiger charge is 2.37. The van der Waals surface area contributed by atoms with E-state index in [2.05, 4.69) is 30.1 Å². The second kappa shape index (κ2) is 6.41. The molecular weight excluding hydrogens is 272 g/mol. The number of fused-ring (bicyclic) bond motifs is 1. The van der Waals surface area contributed by atoms with Gasteiger partial charge >= 0.3 is 0 Å². The van der Waals surface area contributed by atoms with Crippen LogP contribution in [0, 0.1) is 5.92 Å². The number of para-hydroxylation sites is 1. The first-order chi connectivity index (χ1) is 10.6. The molecular formula is C19H28N2O. The van der Waals surface area contributed by atoms with Gasteiger partial charge in [0.05, 0.1) is 0 Å². The zero-order chi connectivity index (χ0) is 15.6. The van der Waals surface area contributed by atoms with Crippen molar-refractivity contribution in [3.63, 3.8) is 0 Å². The van der Waals surface area contributed by atoms with Crippen LogP contribution in [-0.4, -0.2) is 35.9 Å². The van der Waals surface area contributed by atoms with Crippen LogP contribution >= 0.6 is 0 Å². The van der Waals surface area contributed by atoms with Crippen LogP contribution in [0.2, 0.25) is 0 Å². The van der Waals surface area contributed by atoms with Crippen LogP contribution in [-0.2, 0) is 0 Å². The molecule has 0 radical (unpaired) electrons. The monoisotopic (exact) mass is 300 g/mol. The SMILES string of the molecule is CC(C)CCN1CCC2(CCC(=O)c3ccccc3N2)CC1. The highest BCUT2D eigenvalue weighted by atomic mass is 16.1. The largest absolute Gasteiger partial charge is 0.379 e. The Bertz CT molecular complexity index is 530. The van der Waals surface area contributed by atoms with Crippen LogP contribution < -0.4 is 5.32 Å². The molecule has 2 aliphatic rings. The molecule has 3 heteroatoms. The molecule has 0 aromatic heterocycles. The maximum Gasteiger partial charge on any atom is 0.165 e. The number of hydrogen-bond acceptors (Lipinski definition) is 3. The van der Waals surface area contributed by atoms with E-state index in [4.69, 9.17) is 0 Å². The van der Waals surface area contributed by atoms with Gasteiger partial charge in [-0.05, 0) is 50.3 Å². The third-order valence-corrected chi connectivity index (χ3v) is 5.29. The van der Waals surface area contributed by atoms with Gasteiger partial charge in [-0.1, -0.05) is 26.0 Å². The summed E-state index contributed by atoms with van der Waals surface area (Å²) in [6, 6.07) is 8.01. The van der Waals surface area contributed by atoms with E-state index in [0.717, 1.165) is 49.5 Å². The Balaban J connectivity index is 1.67. The number of piperidine rings is 1. The Morgan fingerprint density at radius 2 is 1.91 bits per heavy atom. The average molecular weight is 300 g/mol. The first-order valence-electron chi connectivity index (χ1n) is 8.71. The molecule has 1 aromatic rings. The van der Waals surface area contributed by atoms with Crippen LogP contribution in [0.3, 0.4) is 0 Å². The summed E-state index contributed by atoms with van der Waals surface area (Å²) in [6.07, 6.45) is 5.22. The van der Waals surface area contributed by atoms with Gasteiger partial charge in [-0.25, -0.2) is 0 Å². The normalized spacial score (nSPS) is 21.5. The topological polar surface area (TPSA) is 32.3 Å². The van der Waals surface area contributed by atoms with E-state index >= 15 is 0 Å². The van der Waals surface area contributed by atoms with Crippen molar-refractivity contribution in [3.8, 4) is 0 Å². The highest BCUT2D eigenvalue weighted by molar-refractivity contribution is 6.02. The van der Waals surface area contributed by atoms with E-state index in [1.807, 2.05) is 18.2 Å². The van der Waals surface area contributed by atoms with E-state index in [9.17, 15) is 4.79 Å². The molecule has 0 aliphatic carbocycles. The molecule has 2 heterocycles. The predicted molar refractivity (Wildman–Crippen MR) is 91.5 cm³/mol. The molecule has 1 fully saturated rings. The van der Waals surface area contributed by atoms with Crippen molar-refractivity contribution in [1.29, 1.82) is 0 Å². The number of rotatable bonds is 3. The number of hydrogen-bond donors (Lipinski definition) is 1. The van der Waals surface area contributed by atoms with Crippen LogP contribution in [0.25, 0.3) is 0 Å². The van der Waals surface area contributed by atoms with Gasteiger partial charge in [0.15, 0.2) is 5.78 Å². The number of nitrogens with zero attached hydrogens (tertiary/aromatic N) is 1. The van der Waals surface area contributed by atoms with Crippen LogP contribution in [0.5, 0.6) is 0 Å². The summed E-state index contributed by atoms with van der Waals surface area (Å²) < 4.78 is 0. The van der Waals surface area contributed by atoms with Gasteiger partial charge in [0, 0.05) is 36.3 Å². The Morgan fingerprint density at radius 1 is 1.18 bits per heavy atom. The lowest BCUT2D eigenvalue weighted by Gasteiger charge is -2.42. The first kappa shape index (κ1) is 15.5. The summed E-state index contributed by atoms with van der Waals surface area (Å²) in [6.45, 7) is 8.09. The van der Waals surface area contributed by atoms with Crippen molar-refractivity contribution in [3.05, 3.63) is 29.8 Å². The molecule has 1 aromatic carbocycles. The molecule has 1 N–H and O–H groups in total. The van der Waals surface area contributed by atoms with Crippen molar-refractivity contribution in [2.45, 2.75) is 51.5 Å². The van der Waals surface area contributed by atoms with E-state index in [0.29, 0.717) is 12.2 Å². The van der Waals surface area contributed by atoms with Gasteiger partial charge in [-0.2, -0.15) is 0 Å². The molecule has 0 saturated carbocycles. The lowest BCUT2D eigenvalue weighted by Crippen LogP contribution is -2.49. The molecule has 2 aliphatic heterocycles. The molecule has 1 saturated heterocycles. The number of carbonyl (C=O) groups is 1. The average Bonchev–Trinajstić information content (AvgIpc) is 2.65. The summed E-state index contributed by atoms with van der Waals surface area (Å²) in [5.41, 5.74) is 2.04. The molecule has 0 unspecified atom stereocenters. The Kier molecular flexibility index (Phi) is 4.53. The number of benzene rings is 1. The van der Waals surface area contributed by atoms with E-state index < -0.39 is 0 Å². The second-order valence-electron chi connectivity index (χ2n) is 7.40. The molecule has 22 heavy (non-hydrogen) atoms. The van der Waals surface area contributed by atoms with Crippen molar-refractivity contribution in [2.75, 3.05) is 25.0 Å². The van der Waals surface area contributed by atoms with Crippen molar-refractivity contribution < 1.29 is 4.79 Å². The zero-order valence-corrected chi connectivity index (χ0v) is 13.9. The highest BCUT2D eigenvalue weighted by Crippen LogP contribution is 2.36. The van der Waals surface area contributed by atoms with Gasteiger partial charge in [0.25, 0.3) is 0 Å². The van der Waals surface area contributed by atoms with E-state index in [1.165, 1.54) is 13.0 Å². The Labute approximate surface area is 134 Å². The van der Waals surface area contributed by atoms with Crippen LogP contribution in [0.15, 0.2) is 24.3 Å². The van der Waals surface area contributed by atoms with Gasteiger partial charge in [-0.3, -0.25) is 4.79 Å². The number of anilines is 1.